The van der Waals surface area contributed by atoms with Crippen LogP contribution in [-0.2, 0) is 22.4 Å². The number of amides is 2. The Bertz CT molecular complexity index is 1020. The summed E-state index contributed by atoms with van der Waals surface area (Å²) in [5.74, 6) is -0.494. The number of carbonyl (C=O) groups is 2. The summed E-state index contributed by atoms with van der Waals surface area (Å²) in [4.78, 5) is 26.2. The normalized spacial score (nSPS) is 17.6. The Labute approximate surface area is 167 Å². The lowest BCUT2D eigenvalue weighted by Gasteiger charge is -2.27. The summed E-state index contributed by atoms with van der Waals surface area (Å²) in [5, 5.41) is 19.1. The van der Waals surface area contributed by atoms with Crippen LogP contribution in [0.4, 0.5) is 16.4 Å². The van der Waals surface area contributed by atoms with Gasteiger partial charge >= 0.3 is 0 Å². The van der Waals surface area contributed by atoms with E-state index in [1.807, 2.05) is 26.0 Å². The quantitative estimate of drug-likeness (QED) is 0.736. The SMILES string of the molecule is Cc1cc2c(cc1C)N[C@@H](CC(=O)Nc1sc3c(c1C#N)CCCC3)C(=O)N2. The molecule has 1 aliphatic heterocycles. The number of hydrogen-bond acceptors (Lipinski definition) is 5. The fourth-order valence-corrected chi connectivity index (χ4v) is 5.05. The molecule has 0 fully saturated rings. The summed E-state index contributed by atoms with van der Waals surface area (Å²) in [5.41, 5.74) is 5.45. The lowest BCUT2D eigenvalue weighted by molar-refractivity contribution is -0.122. The van der Waals surface area contributed by atoms with Crippen LogP contribution in [0.5, 0.6) is 0 Å². The van der Waals surface area contributed by atoms with E-state index in [-0.39, 0.29) is 18.2 Å². The summed E-state index contributed by atoms with van der Waals surface area (Å²) in [7, 11) is 0. The number of anilines is 3. The number of hydrogen-bond donors (Lipinski definition) is 3. The van der Waals surface area contributed by atoms with Crippen molar-refractivity contribution >= 4 is 39.5 Å². The van der Waals surface area contributed by atoms with Crippen LogP contribution < -0.4 is 16.0 Å². The molecule has 3 N–H and O–H groups in total. The Balaban J connectivity index is 1.49. The number of thiophene rings is 1. The molecule has 1 aromatic heterocycles. The molecule has 0 unspecified atom stereocenters. The van der Waals surface area contributed by atoms with E-state index in [1.165, 1.54) is 16.2 Å². The second kappa shape index (κ2) is 7.28. The Kier molecular flexibility index (Phi) is 4.82. The third-order valence-corrected chi connectivity index (χ3v) is 6.67. The number of nitrogens with one attached hydrogen (secondary N) is 3. The van der Waals surface area contributed by atoms with E-state index in [2.05, 4.69) is 22.0 Å². The zero-order chi connectivity index (χ0) is 19.8. The Morgan fingerprint density at radius 2 is 1.96 bits per heavy atom. The highest BCUT2D eigenvalue weighted by molar-refractivity contribution is 7.16. The zero-order valence-corrected chi connectivity index (χ0v) is 16.8. The molecule has 1 atom stereocenters. The monoisotopic (exact) mass is 394 g/mol. The molecule has 0 saturated carbocycles. The van der Waals surface area contributed by atoms with Gasteiger partial charge in [0.1, 0.15) is 17.1 Å². The maximum Gasteiger partial charge on any atom is 0.247 e. The van der Waals surface area contributed by atoms with Crippen LogP contribution in [-0.4, -0.2) is 17.9 Å². The molecule has 0 saturated heterocycles. The fourth-order valence-electron chi connectivity index (χ4n) is 3.79. The molecule has 6 nitrogen and oxygen atoms in total. The van der Waals surface area contributed by atoms with Crippen molar-refractivity contribution < 1.29 is 9.59 Å². The number of nitriles is 1. The molecule has 144 valence electrons. The van der Waals surface area contributed by atoms with E-state index >= 15 is 0 Å². The van der Waals surface area contributed by atoms with Crippen molar-refractivity contribution in [2.45, 2.75) is 52.0 Å². The summed E-state index contributed by atoms with van der Waals surface area (Å²) in [6.07, 6.45) is 4.07. The third kappa shape index (κ3) is 3.36. The smallest absolute Gasteiger partial charge is 0.247 e. The van der Waals surface area contributed by atoms with Crippen molar-refractivity contribution in [3.63, 3.8) is 0 Å². The van der Waals surface area contributed by atoms with E-state index in [4.69, 9.17) is 0 Å². The highest BCUT2D eigenvalue weighted by atomic mass is 32.1. The number of benzene rings is 1. The second-order valence-corrected chi connectivity index (χ2v) is 8.55. The first-order valence-corrected chi connectivity index (χ1v) is 10.3. The Hall–Kier alpha value is -2.85. The van der Waals surface area contributed by atoms with Crippen LogP contribution >= 0.6 is 11.3 Å². The van der Waals surface area contributed by atoms with E-state index in [1.54, 1.807) is 0 Å². The van der Waals surface area contributed by atoms with E-state index < -0.39 is 6.04 Å². The first-order chi connectivity index (χ1) is 13.5. The molecule has 2 aromatic rings. The molecular weight excluding hydrogens is 372 g/mol. The van der Waals surface area contributed by atoms with Crippen molar-refractivity contribution in [3.05, 3.63) is 39.3 Å². The minimum Gasteiger partial charge on any atom is -0.372 e. The van der Waals surface area contributed by atoms with Crippen molar-refractivity contribution in [1.82, 2.24) is 0 Å². The lowest BCUT2D eigenvalue weighted by Crippen LogP contribution is -2.41. The van der Waals surface area contributed by atoms with Gasteiger partial charge in [0, 0.05) is 4.88 Å². The summed E-state index contributed by atoms with van der Waals surface area (Å²) in [6.45, 7) is 4.01. The predicted molar refractivity (Wildman–Crippen MR) is 111 cm³/mol. The molecule has 2 amide bonds. The average Bonchev–Trinajstić information content (AvgIpc) is 3.01. The first-order valence-electron chi connectivity index (χ1n) is 9.49. The maximum absolute atomic E-state index is 12.6. The molecule has 2 heterocycles. The summed E-state index contributed by atoms with van der Waals surface area (Å²) in [6, 6.07) is 5.52. The van der Waals surface area contributed by atoms with Crippen molar-refractivity contribution in [2.75, 3.05) is 16.0 Å². The first kappa shape index (κ1) is 18.5. The molecule has 1 aromatic carbocycles. The van der Waals surface area contributed by atoms with Gasteiger partial charge in [-0.3, -0.25) is 9.59 Å². The molecule has 28 heavy (non-hydrogen) atoms. The number of aryl methyl sites for hydroxylation is 3. The molecule has 0 radical (unpaired) electrons. The molecule has 1 aliphatic carbocycles. The number of carbonyl (C=O) groups excluding carboxylic acids is 2. The van der Waals surface area contributed by atoms with Gasteiger partial charge in [0.15, 0.2) is 0 Å². The van der Waals surface area contributed by atoms with E-state index in [0.717, 1.165) is 53.7 Å². The largest absolute Gasteiger partial charge is 0.372 e. The van der Waals surface area contributed by atoms with Gasteiger partial charge in [0.05, 0.1) is 23.4 Å². The molecule has 4 rings (SSSR count). The number of fused-ring (bicyclic) bond motifs is 2. The van der Waals surface area contributed by atoms with Gasteiger partial charge in [0.2, 0.25) is 11.8 Å². The number of nitrogens with zero attached hydrogens (tertiary/aromatic N) is 1. The van der Waals surface area contributed by atoms with Crippen LogP contribution in [0, 0.1) is 25.2 Å². The minimum atomic E-state index is -0.644. The maximum atomic E-state index is 12.6. The Morgan fingerprint density at radius 1 is 1.25 bits per heavy atom. The second-order valence-electron chi connectivity index (χ2n) is 7.45. The van der Waals surface area contributed by atoms with Crippen molar-refractivity contribution in [1.29, 1.82) is 5.26 Å². The molecule has 2 aliphatic rings. The molecule has 0 spiro atoms. The molecule has 7 heteroatoms. The highest BCUT2D eigenvalue weighted by Gasteiger charge is 2.29. The van der Waals surface area contributed by atoms with Gasteiger partial charge in [-0.25, -0.2) is 0 Å². The van der Waals surface area contributed by atoms with Gasteiger partial charge in [-0.05, 0) is 68.4 Å². The van der Waals surface area contributed by atoms with Gasteiger partial charge in [-0.15, -0.1) is 11.3 Å². The summed E-state index contributed by atoms with van der Waals surface area (Å²) < 4.78 is 0. The van der Waals surface area contributed by atoms with Gasteiger partial charge in [0.25, 0.3) is 0 Å². The highest BCUT2D eigenvalue weighted by Crippen LogP contribution is 2.38. The lowest BCUT2D eigenvalue weighted by atomic mass is 9.96. The van der Waals surface area contributed by atoms with Crippen molar-refractivity contribution in [3.8, 4) is 6.07 Å². The van der Waals surface area contributed by atoms with Gasteiger partial charge in [-0.1, -0.05) is 0 Å². The van der Waals surface area contributed by atoms with Crippen LogP contribution in [0.3, 0.4) is 0 Å². The van der Waals surface area contributed by atoms with Crippen LogP contribution in [0.15, 0.2) is 12.1 Å². The van der Waals surface area contributed by atoms with Crippen molar-refractivity contribution in [2.24, 2.45) is 0 Å². The average molecular weight is 395 g/mol. The minimum absolute atomic E-state index is 0.00559. The third-order valence-electron chi connectivity index (χ3n) is 5.46. The van der Waals surface area contributed by atoms with E-state index in [9.17, 15) is 14.9 Å². The standard InChI is InChI=1S/C21H22N4O2S/c1-11-7-15-16(8-12(11)2)24-20(27)17(23-15)9-19(26)25-21-14(10-22)13-5-3-4-6-18(13)28-21/h7-8,17,23H,3-6,9H2,1-2H3,(H,24,27)(H,25,26)/t17-/m0/s1. The molecular formula is C21H22N4O2S. The summed E-state index contributed by atoms with van der Waals surface area (Å²) >= 11 is 1.49. The topological polar surface area (TPSA) is 94.0 Å². The number of rotatable bonds is 3. The van der Waals surface area contributed by atoms with E-state index in [0.29, 0.717) is 10.6 Å². The predicted octanol–water partition coefficient (Wildman–Crippen LogP) is 3.88. The molecule has 0 bridgehead atoms. The van der Waals surface area contributed by atoms with Gasteiger partial charge < -0.3 is 16.0 Å². The Morgan fingerprint density at radius 3 is 2.71 bits per heavy atom. The van der Waals surface area contributed by atoms with Crippen LogP contribution in [0.25, 0.3) is 0 Å². The fraction of sp³-hybridized carbons (Fsp3) is 0.381. The van der Waals surface area contributed by atoms with Crippen LogP contribution in [0.1, 0.15) is 46.4 Å². The van der Waals surface area contributed by atoms with Gasteiger partial charge in [-0.2, -0.15) is 5.26 Å². The zero-order valence-electron chi connectivity index (χ0n) is 15.9. The van der Waals surface area contributed by atoms with Crippen LogP contribution in [0.2, 0.25) is 0 Å².